The lowest BCUT2D eigenvalue weighted by Gasteiger charge is -2.26. The van der Waals surface area contributed by atoms with Gasteiger partial charge in [0.15, 0.2) is 6.61 Å². The monoisotopic (exact) mass is 488 g/mol. The molecular weight excluding hydrogens is 472 g/mol. The van der Waals surface area contributed by atoms with E-state index in [0.717, 1.165) is 4.47 Å². The Bertz CT molecular complexity index is 964. The van der Waals surface area contributed by atoms with E-state index >= 15 is 0 Å². The number of nitrogens with zero attached hydrogens (tertiary/aromatic N) is 1. The number of sulfonamides is 1. The van der Waals surface area contributed by atoms with E-state index in [2.05, 4.69) is 21.2 Å². The van der Waals surface area contributed by atoms with Gasteiger partial charge in [-0.2, -0.15) is 4.31 Å². The zero-order valence-corrected chi connectivity index (χ0v) is 17.9. The van der Waals surface area contributed by atoms with Crippen LogP contribution in [0.25, 0.3) is 0 Å². The number of carbonyl (C=O) groups is 1. The Morgan fingerprint density at radius 1 is 1.21 bits per heavy atom. The summed E-state index contributed by atoms with van der Waals surface area (Å²) in [6, 6.07) is 11.4. The molecule has 0 saturated carbocycles. The van der Waals surface area contributed by atoms with E-state index in [0.29, 0.717) is 18.9 Å². The molecule has 1 heterocycles. The van der Waals surface area contributed by atoms with Crippen LogP contribution < -0.4 is 10.1 Å². The first-order chi connectivity index (χ1) is 13.4. The van der Waals surface area contributed by atoms with Gasteiger partial charge in [0.25, 0.3) is 5.91 Å². The van der Waals surface area contributed by atoms with Crippen molar-refractivity contribution < 1.29 is 22.7 Å². The average molecular weight is 490 g/mol. The second kappa shape index (κ2) is 9.23. The molecule has 0 radical (unpaired) electrons. The van der Waals surface area contributed by atoms with E-state index in [1.54, 1.807) is 18.2 Å². The summed E-state index contributed by atoms with van der Waals surface area (Å²) in [4.78, 5) is 12.1. The minimum atomic E-state index is -3.82. The van der Waals surface area contributed by atoms with Crippen LogP contribution in [0.2, 0.25) is 5.02 Å². The Labute approximate surface area is 176 Å². The summed E-state index contributed by atoms with van der Waals surface area (Å²) in [6.07, 6.45) is 0. The molecule has 0 unspecified atom stereocenters. The molecule has 2 aromatic carbocycles. The minimum absolute atomic E-state index is 0.0677. The number of morpholine rings is 1. The minimum Gasteiger partial charge on any atom is -0.482 e. The maximum atomic E-state index is 13.0. The van der Waals surface area contributed by atoms with Gasteiger partial charge in [-0.25, -0.2) is 8.42 Å². The average Bonchev–Trinajstić information content (AvgIpc) is 2.69. The summed E-state index contributed by atoms with van der Waals surface area (Å²) in [5, 5.41) is 2.96. The molecule has 7 nitrogen and oxygen atoms in total. The number of carbonyl (C=O) groups excluding carboxylic acids is 1. The highest BCUT2D eigenvalue weighted by atomic mass is 79.9. The van der Waals surface area contributed by atoms with Crippen molar-refractivity contribution in [1.29, 1.82) is 0 Å². The van der Waals surface area contributed by atoms with E-state index < -0.39 is 15.9 Å². The number of ether oxygens (including phenoxy) is 2. The number of halogens is 2. The van der Waals surface area contributed by atoms with E-state index in [9.17, 15) is 13.2 Å². The Kier molecular flexibility index (Phi) is 6.95. The standard InChI is InChI=1S/C18H18BrClN2O5S/c19-14-3-1-2-4-15(14)21-18(23)12-27-16-6-5-13(20)11-17(16)28(24,25)22-7-9-26-10-8-22/h1-6,11H,7-10,12H2,(H,21,23). The largest absolute Gasteiger partial charge is 0.482 e. The number of para-hydroxylation sites is 1. The second-order valence-corrected chi connectivity index (χ2v) is 9.12. The quantitative estimate of drug-likeness (QED) is 0.674. The molecule has 28 heavy (non-hydrogen) atoms. The topological polar surface area (TPSA) is 84.9 Å². The zero-order valence-electron chi connectivity index (χ0n) is 14.7. The molecule has 2 aromatic rings. The lowest BCUT2D eigenvalue weighted by atomic mass is 10.3. The highest BCUT2D eigenvalue weighted by Gasteiger charge is 2.29. The van der Waals surface area contributed by atoms with Gasteiger partial charge in [-0.05, 0) is 46.3 Å². The Balaban J connectivity index is 1.75. The molecule has 1 N–H and O–H groups in total. The first-order valence-corrected chi connectivity index (χ1v) is 11.0. The Hall–Kier alpha value is -1.65. The lowest BCUT2D eigenvalue weighted by Crippen LogP contribution is -2.40. The SMILES string of the molecule is O=C(COc1ccc(Cl)cc1S(=O)(=O)N1CCOCC1)Nc1ccccc1Br. The third-order valence-corrected chi connectivity index (χ3v) is 6.85. The molecule has 0 aliphatic carbocycles. The van der Waals surface area contributed by atoms with Crippen molar-refractivity contribution in [3.8, 4) is 5.75 Å². The molecule has 1 amide bonds. The maximum absolute atomic E-state index is 13.0. The van der Waals surface area contributed by atoms with Gasteiger partial charge in [0, 0.05) is 22.6 Å². The predicted molar refractivity (Wildman–Crippen MR) is 109 cm³/mol. The van der Waals surface area contributed by atoms with Crippen molar-refractivity contribution in [3.63, 3.8) is 0 Å². The van der Waals surface area contributed by atoms with Crippen LogP contribution in [0.5, 0.6) is 5.75 Å². The molecule has 1 aliphatic rings. The van der Waals surface area contributed by atoms with Crippen LogP contribution in [0.4, 0.5) is 5.69 Å². The molecule has 1 aliphatic heterocycles. The van der Waals surface area contributed by atoms with Crippen molar-refractivity contribution >= 4 is 49.1 Å². The summed E-state index contributed by atoms with van der Waals surface area (Å²) < 4.78 is 38.7. The van der Waals surface area contributed by atoms with E-state index in [1.807, 2.05) is 6.07 Å². The van der Waals surface area contributed by atoms with Crippen LogP contribution in [-0.4, -0.2) is 51.5 Å². The summed E-state index contributed by atoms with van der Waals surface area (Å²) >= 11 is 9.35. The van der Waals surface area contributed by atoms with Gasteiger partial charge >= 0.3 is 0 Å². The summed E-state index contributed by atoms with van der Waals surface area (Å²) in [5.41, 5.74) is 0.591. The summed E-state index contributed by atoms with van der Waals surface area (Å²) in [5.74, 6) is -0.352. The summed E-state index contributed by atoms with van der Waals surface area (Å²) in [6.45, 7) is 0.789. The van der Waals surface area contributed by atoms with Crippen LogP contribution in [0.1, 0.15) is 0 Å². The van der Waals surface area contributed by atoms with Crippen molar-refractivity contribution in [3.05, 3.63) is 52.0 Å². The molecule has 0 atom stereocenters. The summed E-state index contributed by atoms with van der Waals surface area (Å²) in [7, 11) is -3.82. The fourth-order valence-electron chi connectivity index (χ4n) is 2.62. The Morgan fingerprint density at radius 2 is 1.93 bits per heavy atom. The van der Waals surface area contributed by atoms with Crippen molar-refractivity contribution in [2.45, 2.75) is 4.90 Å². The van der Waals surface area contributed by atoms with Crippen molar-refractivity contribution in [2.75, 3.05) is 38.2 Å². The number of hydrogen-bond donors (Lipinski definition) is 1. The van der Waals surface area contributed by atoms with Crippen molar-refractivity contribution in [1.82, 2.24) is 4.31 Å². The number of anilines is 1. The zero-order chi connectivity index (χ0) is 20.1. The fourth-order valence-corrected chi connectivity index (χ4v) is 4.81. The molecule has 0 bridgehead atoms. The van der Waals surface area contributed by atoms with Gasteiger partial charge < -0.3 is 14.8 Å². The van der Waals surface area contributed by atoms with E-state index in [1.165, 1.54) is 22.5 Å². The van der Waals surface area contributed by atoms with Crippen LogP contribution in [0.3, 0.4) is 0 Å². The lowest BCUT2D eigenvalue weighted by molar-refractivity contribution is -0.118. The number of amides is 1. The fraction of sp³-hybridized carbons (Fsp3) is 0.278. The number of benzene rings is 2. The molecular formula is C18H18BrClN2O5S. The first-order valence-electron chi connectivity index (χ1n) is 8.42. The molecule has 1 fully saturated rings. The first kappa shape index (κ1) is 21.1. The molecule has 10 heteroatoms. The van der Waals surface area contributed by atoms with Crippen LogP contribution in [0, 0.1) is 0 Å². The second-order valence-electron chi connectivity index (χ2n) is 5.92. The maximum Gasteiger partial charge on any atom is 0.262 e. The van der Waals surface area contributed by atoms with Gasteiger partial charge in [0.05, 0.1) is 18.9 Å². The van der Waals surface area contributed by atoms with Gasteiger partial charge in [0.1, 0.15) is 10.6 Å². The predicted octanol–water partition coefficient (Wildman–Crippen LogP) is 3.14. The van der Waals surface area contributed by atoms with Crippen LogP contribution in [0.15, 0.2) is 51.8 Å². The highest BCUT2D eigenvalue weighted by Crippen LogP contribution is 2.30. The van der Waals surface area contributed by atoms with Gasteiger partial charge in [0.2, 0.25) is 10.0 Å². The van der Waals surface area contributed by atoms with Gasteiger partial charge in [-0.15, -0.1) is 0 Å². The smallest absolute Gasteiger partial charge is 0.262 e. The number of rotatable bonds is 6. The molecule has 150 valence electrons. The van der Waals surface area contributed by atoms with Gasteiger partial charge in [-0.1, -0.05) is 23.7 Å². The Morgan fingerprint density at radius 3 is 2.64 bits per heavy atom. The molecule has 0 spiro atoms. The third kappa shape index (κ3) is 5.03. The molecule has 3 rings (SSSR count). The molecule has 0 aromatic heterocycles. The highest BCUT2D eigenvalue weighted by molar-refractivity contribution is 9.10. The number of nitrogens with one attached hydrogen (secondary N) is 1. The van der Waals surface area contributed by atoms with Crippen LogP contribution >= 0.6 is 27.5 Å². The van der Waals surface area contributed by atoms with Crippen molar-refractivity contribution in [2.24, 2.45) is 0 Å². The third-order valence-electron chi connectivity index (χ3n) is 4.00. The number of hydrogen-bond acceptors (Lipinski definition) is 5. The van der Waals surface area contributed by atoms with Gasteiger partial charge in [-0.3, -0.25) is 4.79 Å². The van der Waals surface area contributed by atoms with E-state index in [-0.39, 0.29) is 35.4 Å². The van der Waals surface area contributed by atoms with E-state index in [4.69, 9.17) is 21.1 Å². The van der Waals surface area contributed by atoms with Crippen LogP contribution in [-0.2, 0) is 19.6 Å². The normalized spacial score (nSPS) is 15.2. The molecule has 1 saturated heterocycles.